The normalized spacial score (nSPS) is 17.9. The first-order valence-electron chi connectivity index (χ1n) is 5.35. The van der Waals surface area contributed by atoms with Crippen molar-refractivity contribution >= 4 is 23.5 Å². The predicted molar refractivity (Wildman–Crippen MR) is 60.0 cm³/mol. The summed E-state index contributed by atoms with van der Waals surface area (Å²) in [5.41, 5.74) is -1.16. The molecule has 1 heterocycles. The highest BCUT2D eigenvalue weighted by Crippen LogP contribution is 2.30. The Kier molecular flexibility index (Phi) is 3.11. The van der Waals surface area contributed by atoms with Crippen molar-refractivity contribution in [3.05, 3.63) is 23.1 Å². The molecule has 5 nitrogen and oxygen atoms in total. The molecule has 0 aromatic carbocycles. The molecule has 1 saturated carbocycles. The minimum Gasteiger partial charge on any atom is -0.480 e. The van der Waals surface area contributed by atoms with E-state index in [-0.39, 0.29) is 11.0 Å². The second-order valence-corrected chi connectivity index (χ2v) is 4.52. The average molecular weight is 258 g/mol. The van der Waals surface area contributed by atoms with Crippen molar-refractivity contribution in [2.75, 3.05) is 0 Å². The zero-order valence-corrected chi connectivity index (χ0v) is 9.79. The molecule has 1 fully saturated rings. The number of nitrogens with one attached hydrogen (secondary N) is 1. The highest BCUT2D eigenvalue weighted by Gasteiger charge is 2.43. The first-order chi connectivity index (χ1) is 8.03. The van der Waals surface area contributed by atoms with Gasteiger partial charge in [0.1, 0.15) is 5.54 Å². The topological polar surface area (TPSA) is 79.5 Å². The molecular formula is C11H12ClNO4. The van der Waals surface area contributed by atoms with Gasteiger partial charge in [0.2, 0.25) is 0 Å². The maximum absolute atomic E-state index is 11.8. The Labute approximate surface area is 103 Å². The molecule has 92 valence electrons. The molecule has 0 unspecified atom stereocenters. The van der Waals surface area contributed by atoms with E-state index < -0.39 is 17.4 Å². The molecule has 0 saturated heterocycles. The third kappa shape index (κ3) is 2.29. The Hall–Kier alpha value is -1.49. The Balaban J connectivity index is 2.14. The van der Waals surface area contributed by atoms with E-state index in [4.69, 9.17) is 16.0 Å². The second kappa shape index (κ2) is 4.41. The number of rotatable bonds is 3. The van der Waals surface area contributed by atoms with Gasteiger partial charge in [-0.3, -0.25) is 4.79 Å². The van der Waals surface area contributed by atoms with Gasteiger partial charge in [-0.1, -0.05) is 12.8 Å². The number of halogens is 1. The highest BCUT2D eigenvalue weighted by atomic mass is 35.5. The summed E-state index contributed by atoms with van der Waals surface area (Å²) in [6.07, 6.45) is 2.49. The quantitative estimate of drug-likeness (QED) is 0.869. The summed E-state index contributed by atoms with van der Waals surface area (Å²) < 4.78 is 4.94. The Morgan fingerprint density at radius 1 is 1.35 bits per heavy atom. The lowest BCUT2D eigenvalue weighted by atomic mass is 9.98. The van der Waals surface area contributed by atoms with Crippen LogP contribution in [-0.2, 0) is 4.79 Å². The van der Waals surface area contributed by atoms with Crippen LogP contribution in [0, 0.1) is 0 Å². The van der Waals surface area contributed by atoms with Gasteiger partial charge >= 0.3 is 5.97 Å². The number of aliphatic carboxylic acids is 1. The van der Waals surface area contributed by atoms with Gasteiger partial charge in [-0.05, 0) is 36.6 Å². The number of hydrogen-bond acceptors (Lipinski definition) is 3. The monoisotopic (exact) mass is 257 g/mol. The molecule has 1 aromatic heterocycles. The first kappa shape index (κ1) is 12.0. The van der Waals surface area contributed by atoms with Crippen molar-refractivity contribution in [1.82, 2.24) is 5.32 Å². The van der Waals surface area contributed by atoms with E-state index in [0.29, 0.717) is 12.8 Å². The van der Waals surface area contributed by atoms with E-state index >= 15 is 0 Å². The molecule has 0 radical (unpaired) electrons. The Morgan fingerprint density at radius 2 is 2.00 bits per heavy atom. The summed E-state index contributed by atoms with van der Waals surface area (Å²) >= 11 is 5.56. The van der Waals surface area contributed by atoms with Gasteiger partial charge in [0.05, 0.1) is 0 Å². The lowest BCUT2D eigenvalue weighted by Crippen LogP contribution is -2.52. The van der Waals surface area contributed by atoms with Gasteiger partial charge in [-0.25, -0.2) is 4.79 Å². The average Bonchev–Trinajstić information content (AvgIpc) is 2.87. The van der Waals surface area contributed by atoms with Crippen LogP contribution in [0.2, 0.25) is 5.22 Å². The molecule has 0 atom stereocenters. The number of carboxylic acids is 1. The van der Waals surface area contributed by atoms with Crippen LogP contribution in [0.15, 0.2) is 16.5 Å². The van der Waals surface area contributed by atoms with Crippen LogP contribution in [0.3, 0.4) is 0 Å². The molecule has 6 heteroatoms. The van der Waals surface area contributed by atoms with Crippen LogP contribution in [0.5, 0.6) is 0 Å². The zero-order valence-electron chi connectivity index (χ0n) is 9.03. The molecule has 2 rings (SSSR count). The molecule has 1 aromatic rings. The van der Waals surface area contributed by atoms with E-state index in [1.807, 2.05) is 0 Å². The minimum absolute atomic E-state index is 0.0301. The van der Waals surface area contributed by atoms with E-state index in [0.717, 1.165) is 12.8 Å². The molecule has 1 amide bonds. The number of carboxylic acid groups (broad SMARTS) is 1. The van der Waals surface area contributed by atoms with Crippen molar-refractivity contribution < 1.29 is 19.1 Å². The van der Waals surface area contributed by atoms with Crippen LogP contribution in [0.1, 0.15) is 36.2 Å². The minimum atomic E-state index is -1.16. The molecule has 0 aliphatic heterocycles. The maximum atomic E-state index is 11.8. The van der Waals surface area contributed by atoms with E-state index in [2.05, 4.69) is 5.32 Å². The number of hydrogen-bond donors (Lipinski definition) is 2. The Morgan fingerprint density at radius 3 is 2.47 bits per heavy atom. The molecular weight excluding hydrogens is 246 g/mol. The van der Waals surface area contributed by atoms with Gasteiger partial charge in [0.15, 0.2) is 11.0 Å². The molecule has 0 spiro atoms. The highest BCUT2D eigenvalue weighted by molar-refractivity contribution is 6.29. The number of amides is 1. The lowest BCUT2D eigenvalue weighted by molar-refractivity contribution is -0.144. The van der Waals surface area contributed by atoms with Gasteiger partial charge < -0.3 is 14.8 Å². The smallest absolute Gasteiger partial charge is 0.329 e. The molecule has 2 N–H and O–H groups in total. The summed E-state index contributed by atoms with van der Waals surface area (Å²) in [6.45, 7) is 0. The molecule has 1 aliphatic rings. The molecule has 1 aliphatic carbocycles. The van der Waals surface area contributed by atoms with Gasteiger partial charge in [0, 0.05) is 0 Å². The molecule has 0 bridgehead atoms. The standard InChI is InChI=1S/C11H12ClNO4/c12-8-4-3-7(17-8)9(14)13-11(10(15)16)5-1-2-6-11/h3-4H,1-2,5-6H2,(H,13,14)(H,15,16). The summed E-state index contributed by atoms with van der Waals surface area (Å²) in [4.78, 5) is 23.0. The maximum Gasteiger partial charge on any atom is 0.329 e. The van der Waals surface area contributed by atoms with E-state index in [1.54, 1.807) is 0 Å². The summed E-state index contributed by atoms with van der Waals surface area (Å²) in [5.74, 6) is -1.51. The predicted octanol–water partition coefficient (Wildman–Crippen LogP) is 2.06. The number of carbonyl (C=O) groups excluding carboxylic acids is 1. The summed E-state index contributed by atoms with van der Waals surface area (Å²) in [6, 6.07) is 2.86. The van der Waals surface area contributed by atoms with Crippen LogP contribution >= 0.6 is 11.6 Å². The zero-order chi connectivity index (χ0) is 12.5. The van der Waals surface area contributed by atoms with Crippen molar-refractivity contribution in [2.24, 2.45) is 0 Å². The first-order valence-corrected chi connectivity index (χ1v) is 5.72. The van der Waals surface area contributed by atoms with Crippen molar-refractivity contribution in [3.63, 3.8) is 0 Å². The van der Waals surface area contributed by atoms with Crippen molar-refractivity contribution in [1.29, 1.82) is 0 Å². The Bertz CT molecular complexity index is 448. The summed E-state index contributed by atoms with van der Waals surface area (Å²) in [7, 11) is 0. The van der Waals surface area contributed by atoms with Crippen LogP contribution in [-0.4, -0.2) is 22.5 Å². The largest absolute Gasteiger partial charge is 0.480 e. The fraction of sp³-hybridized carbons (Fsp3) is 0.455. The van der Waals surface area contributed by atoms with Crippen molar-refractivity contribution in [2.45, 2.75) is 31.2 Å². The SMILES string of the molecule is O=C(NC1(C(=O)O)CCCC1)c1ccc(Cl)o1. The fourth-order valence-corrected chi connectivity index (χ4v) is 2.23. The van der Waals surface area contributed by atoms with E-state index in [9.17, 15) is 14.7 Å². The second-order valence-electron chi connectivity index (χ2n) is 4.15. The fourth-order valence-electron chi connectivity index (χ4n) is 2.09. The van der Waals surface area contributed by atoms with Crippen LogP contribution in [0.25, 0.3) is 0 Å². The number of carbonyl (C=O) groups is 2. The van der Waals surface area contributed by atoms with Crippen LogP contribution < -0.4 is 5.32 Å². The number of furan rings is 1. The van der Waals surface area contributed by atoms with Gasteiger partial charge in [-0.15, -0.1) is 0 Å². The van der Waals surface area contributed by atoms with Gasteiger partial charge in [-0.2, -0.15) is 0 Å². The molecule has 17 heavy (non-hydrogen) atoms. The third-order valence-corrected chi connectivity index (χ3v) is 3.22. The van der Waals surface area contributed by atoms with Crippen molar-refractivity contribution in [3.8, 4) is 0 Å². The lowest BCUT2D eigenvalue weighted by Gasteiger charge is -2.24. The van der Waals surface area contributed by atoms with Crippen LogP contribution in [0.4, 0.5) is 0 Å². The summed E-state index contributed by atoms with van der Waals surface area (Å²) in [5, 5.41) is 11.8. The third-order valence-electron chi connectivity index (χ3n) is 3.02. The van der Waals surface area contributed by atoms with E-state index in [1.165, 1.54) is 12.1 Å². The van der Waals surface area contributed by atoms with Gasteiger partial charge in [0.25, 0.3) is 5.91 Å².